The first kappa shape index (κ1) is 19.6. The molecule has 0 bridgehead atoms. The lowest BCUT2D eigenvalue weighted by Crippen LogP contribution is -2.26. The van der Waals surface area contributed by atoms with Gasteiger partial charge in [-0.1, -0.05) is 24.3 Å². The summed E-state index contributed by atoms with van der Waals surface area (Å²) in [4.78, 5) is 22.2. The number of aromatic nitrogens is 2. The van der Waals surface area contributed by atoms with E-state index in [4.69, 9.17) is 9.47 Å². The molecule has 0 radical (unpaired) electrons. The van der Waals surface area contributed by atoms with Crippen molar-refractivity contribution in [2.75, 3.05) is 12.0 Å². The van der Waals surface area contributed by atoms with Gasteiger partial charge in [-0.05, 0) is 42.7 Å². The van der Waals surface area contributed by atoms with Gasteiger partial charge in [-0.2, -0.15) is 4.98 Å². The highest BCUT2D eigenvalue weighted by atomic mass is 19.1. The van der Waals surface area contributed by atoms with Crippen LogP contribution in [0.5, 0.6) is 11.6 Å². The summed E-state index contributed by atoms with van der Waals surface area (Å²) in [6, 6.07) is 12.5. The van der Waals surface area contributed by atoms with Crippen LogP contribution < -0.4 is 14.4 Å². The number of carboxylic acids is 1. The van der Waals surface area contributed by atoms with E-state index in [0.717, 1.165) is 12.1 Å². The van der Waals surface area contributed by atoms with E-state index in [-0.39, 0.29) is 29.8 Å². The minimum atomic E-state index is -1.20. The molecule has 0 spiro atoms. The van der Waals surface area contributed by atoms with Crippen LogP contribution in [0.1, 0.15) is 28.4 Å². The molecule has 1 aliphatic heterocycles. The highest BCUT2D eigenvalue weighted by Crippen LogP contribution is 2.37. The maximum absolute atomic E-state index is 13.9. The minimum Gasteiger partial charge on any atom is -0.494 e. The lowest BCUT2D eigenvalue weighted by molar-refractivity contribution is 0.0690. The van der Waals surface area contributed by atoms with Crippen molar-refractivity contribution in [2.45, 2.75) is 26.0 Å². The Kier molecular flexibility index (Phi) is 5.22. The molecule has 30 heavy (non-hydrogen) atoms. The Hall–Kier alpha value is -3.68. The number of benzene rings is 2. The molecule has 8 heteroatoms. The van der Waals surface area contributed by atoms with Crippen molar-refractivity contribution >= 4 is 17.6 Å². The van der Waals surface area contributed by atoms with Gasteiger partial charge in [0.1, 0.15) is 12.2 Å². The largest absolute Gasteiger partial charge is 0.494 e. The standard InChI is InChI=1S/C22H20FN3O4/c1-13-9-15-5-3-4-6-18(15)26(13)22-24-11-16(21(27)28)20(25-22)30-12-14-7-8-19(29-2)17(23)10-14/h3-8,10-11,13H,9,12H2,1-2H3,(H,27,28)/t13-/m1/s1. The topological polar surface area (TPSA) is 84.8 Å². The van der Waals surface area contributed by atoms with Crippen LogP contribution in [0, 0.1) is 5.82 Å². The molecular weight excluding hydrogens is 389 g/mol. The van der Waals surface area contributed by atoms with E-state index in [1.807, 2.05) is 29.2 Å². The van der Waals surface area contributed by atoms with Crippen LogP contribution >= 0.6 is 0 Å². The van der Waals surface area contributed by atoms with Gasteiger partial charge in [0, 0.05) is 11.7 Å². The van der Waals surface area contributed by atoms with Crippen molar-refractivity contribution in [2.24, 2.45) is 0 Å². The zero-order valence-electron chi connectivity index (χ0n) is 16.5. The van der Waals surface area contributed by atoms with Gasteiger partial charge in [-0.3, -0.25) is 0 Å². The lowest BCUT2D eigenvalue weighted by atomic mass is 10.1. The van der Waals surface area contributed by atoms with Crippen molar-refractivity contribution in [3.63, 3.8) is 0 Å². The molecule has 4 rings (SSSR count). The molecule has 2 heterocycles. The van der Waals surface area contributed by atoms with Gasteiger partial charge in [-0.15, -0.1) is 0 Å². The van der Waals surface area contributed by atoms with E-state index >= 15 is 0 Å². The fraction of sp³-hybridized carbons (Fsp3) is 0.227. The summed E-state index contributed by atoms with van der Waals surface area (Å²) >= 11 is 0. The maximum atomic E-state index is 13.9. The molecule has 1 atom stereocenters. The van der Waals surface area contributed by atoms with Crippen LogP contribution in [0.3, 0.4) is 0 Å². The number of hydrogen-bond donors (Lipinski definition) is 1. The van der Waals surface area contributed by atoms with Crippen molar-refractivity contribution in [3.8, 4) is 11.6 Å². The summed E-state index contributed by atoms with van der Waals surface area (Å²) < 4.78 is 24.5. The van der Waals surface area contributed by atoms with Crippen molar-refractivity contribution in [1.29, 1.82) is 0 Å². The SMILES string of the molecule is COc1ccc(COc2nc(N3c4ccccc4C[C@H]3C)ncc2C(=O)O)cc1F. The first-order chi connectivity index (χ1) is 14.5. The Labute approximate surface area is 172 Å². The molecule has 1 N–H and O–H groups in total. The van der Waals surface area contributed by atoms with Gasteiger partial charge in [0.15, 0.2) is 11.6 Å². The second-order valence-corrected chi connectivity index (χ2v) is 7.00. The van der Waals surface area contributed by atoms with Crippen LogP contribution in [0.15, 0.2) is 48.7 Å². The van der Waals surface area contributed by atoms with Crippen LogP contribution in [0.2, 0.25) is 0 Å². The molecule has 7 nitrogen and oxygen atoms in total. The Morgan fingerprint density at radius 3 is 2.83 bits per heavy atom. The van der Waals surface area contributed by atoms with Crippen LogP contribution in [-0.4, -0.2) is 34.2 Å². The summed E-state index contributed by atoms with van der Waals surface area (Å²) in [6.07, 6.45) is 2.07. The maximum Gasteiger partial charge on any atom is 0.342 e. The normalized spacial score (nSPS) is 15.0. The van der Waals surface area contributed by atoms with Crippen LogP contribution in [-0.2, 0) is 13.0 Å². The molecule has 1 aromatic heterocycles. The van der Waals surface area contributed by atoms with E-state index in [1.165, 1.54) is 31.0 Å². The molecule has 3 aromatic rings. The third-order valence-corrected chi connectivity index (χ3v) is 4.99. The van der Waals surface area contributed by atoms with E-state index in [2.05, 4.69) is 16.9 Å². The monoisotopic (exact) mass is 409 g/mol. The molecule has 0 unspecified atom stereocenters. The predicted octanol–water partition coefficient (Wildman–Crippen LogP) is 3.98. The smallest absolute Gasteiger partial charge is 0.342 e. The number of hydrogen-bond acceptors (Lipinski definition) is 6. The van der Waals surface area contributed by atoms with Crippen molar-refractivity contribution in [1.82, 2.24) is 9.97 Å². The van der Waals surface area contributed by atoms with E-state index in [9.17, 15) is 14.3 Å². The fourth-order valence-corrected chi connectivity index (χ4v) is 3.55. The number of carbonyl (C=O) groups is 1. The summed E-state index contributed by atoms with van der Waals surface area (Å²) in [5, 5.41) is 9.49. The third kappa shape index (κ3) is 3.63. The molecular formula is C22H20FN3O4. The Bertz CT molecular complexity index is 1110. The zero-order chi connectivity index (χ0) is 21.3. The second-order valence-electron chi connectivity index (χ2n) is 7.00. The highest BCUT2D eigenvalue weighted by molar-refractivity contribution is 5.90. The molecule has 0 saturated carbocycles. The number of fused-ring (bicyclic) bond motifs is 1. The van der Waals surface area contributed by atoms with E-state index in [0.29, 0.717) is 11.5 Å². The number of rotatable bonds is 6. The Morgan fingerprint density at radius 2 is 2.10 bits per heavy atom. The van der Waals surface area contributed by atoms with E-state index in [1.54, 1.807) is 6.07 Å². The molecule has 0 amide bonds. The first-order valence-electron chi connectivity index (χ1n) is 9.40. The lowest BCUT2D eigenvalue weighted by Gasteiger charge is -2.23. The van der Waals surface area contributed by atoms with Crippen molar-refractivity contribution in [3.05, 3.63) is 71.2 Å². The van der Waals surface area contributed by atoms with Gasteiger partial charge in [-0.25, -0.2) is 14.2 Å². The zero-order valence-corrected chi connectivity index (χ0v) is 16.5. The molecule has 0 fully saturated rings. The van der Waals surface area contributed by atoms with Crippen molar-refractivity contribution < 1.29 is 23.8 Å². The molecule has 0 saturated heterocycles. The molecule has 1 aliphatic rings. The average Bonchev–Trinajstić information content (AvgIpc) is 3.07. The van der Waals surface area contributed by atoms with E-state index < -0.39 is 11.8 Å². The van der Waals surface area contributed by atoms with Crippen LogP contribution in [0.4, 0.5) is 16.0 Å². The second kappa shape index (κ2) is 7.98. The molecule has 154 valence electrons. The van der Waals surface area contributed by atoms with Gasteiger partial charge in [0.25, 0.3) is 0 Å². The Balaban J connectivity index is 1.64. The fourth-order valence-electron chi connectivity index (χ4n) is 3.55. The number of aromatic carboxylic acids is 1. The van der Waals surface area contributed by atoms with Gasteiger partial charge in [0.2, 0.25) is 11.8 Å². The molecule has 0 aliphatic carbocycles. The van der Waals surface area contributed by atoms with Gasteiger partial charge >= 0.3 is 5.97 Å². The summed E-state index contributed by atoms with van der Waals surface area (Å²) in [6.45, 7) is 2.00. The molecule has 2 aromatic carbocycles. The average molecular weight is 409 g/mol. The van der Waals surface area contributed by atoms with Gasteiger partial charge in [0.05, 0.1) is 13.3 Å². The highest BCUT2D eigenvalue weighted by Gasteiger charge is 2.30. The third-order valence-electron chi connectivity index (χ3n) is 4.99. The Morgan fingerprint density at radius 1 is 1.30 bits per heavy atom. The summed E-state index contributed by atoms with van der Waals surface area (Å²) in [7, 11) is 1.38. The predicted molar refractivity (Wildman–Crippen MR) is 108 cm³/mol. The summed E-state index contributed by atoms with van der Waals surface area (Å²) in [5.74, 6) is -1.32. The van der Waals surface area contributed by atoms with Gasteiger partial charge < -0.3 is 19.5 Å². The number of anilines is 2. The summed E-state index contributed by atoms with van der Waals surface area (Å²) in [5.41, 5.74) is 2.51. The number of methoxy groups -OCH3 is 1. The number of carboxylic acid groups (broad SMARTS) is 1. The van der Waals surface area contributed by atoms with Crippen LogP contribution in [0.25, 0.3) is 0 Å². The number of para-hydroxylation sites is 1. The minimum absolute atomic E-state index is 0.0518. The number of ether oxygens (including phenoxy) is 2. The first-order valence-corrected chi connectivity index (χ1v) is 9.40. The quantitative estimate of drug-likeness (QED) is 0.659. The number of nitrogens with zero attached hydrogens (tertiary/aromatic N) is 3. The number of halogens is 1.